The van der Waals surface area contributed by atoms with Gasteiger partial charge in [-0.1, -0.05) is 71.3 Å². The second-order valence-electron chi connectivity index (χ2n) is 13.7. The Morgan fingerprint density at radius 3 is 2.43 bits per heavy atom. The predicted molar refractivity (Wildman–Crippen MR) is 188 cm³/mol. The topological polar surface area (TPSA) is 157 Å². The molecule has 1 aromatic heterocycles. The number of hydrogen-bond donors (Lipinski definition) is 3. The van der Waals surface area contributed by atoms with Gasteiger partial charge in [-0.25, -0.2) is 4.98 Å². The second-order valence-corrected chi connectivity index (χ2v) is 14.6. The number of fused-ring (bicyclic) bond motifs is 4. The number of pyridine rings is 1. The minimum atomic E-state index is -4.78. The molecule has 6 atom stereocenters. The summed E-state index contributed by atoms with van der Waals surface area (Å²) in [7, 11) is 0. The number of carbonyl (C=O) groups is 5. The third-order valence-corrected chi connectivity index (χ3v) is 11.6. The number of phenols is 1. The van der Waals surface area contributed by atoms with Crippen molar-refractivity contribution in [3.8, 4) is 5.75 Å². The zero-order valence-electron chi connectivity index (χ0n) is 28.1. The van der Waals surface area contributed by atoms with E-state index in [9.17, 15) is 42.6 Å². The third-order valence-electron chi connectivity index (χ3n) is 11.0. The number of rotatable bonds is 9. The SMILES string of the molecule is C=CCc1cccc(C2C3=CCC4C(=O)N(CCC(=O)O)C(=O)C4C3CC3C(=O)N(Nc4ncc(C(F)(F)F)cc4Cl)C(=O)C32c2ccc(Cl)cc2)c1O. The van der Waals surface area contributed by atoms with Gasteiger partial charge in [-0.05, 0) is 54.5 Å². The van der Waals surface area contributed by atoms with Crippen LogP contribution < -0.4 is 5.43 Å². The number of alkyl halides is 3. The minimum absolute atomic E-state index is 0.0603. The van der Waals surface area contributed by atoms with Crippen LogP contribution in [0.4, 0.5) is 19.0 Å². The molecule has 6 unspecified atom stereocenters. The molecule has 16 heteroatoms. The fourth-order valence-electron chi connectivity index (χ4n) is 8.78. The van der Waals surface area contributed by atoms with Gasteiger partial charge >= 0.3 is 12.1 Å². The number of anilines is 1. The quantitative estimate of drug-likeness (QED) is 0.167. The number of phenolic OH excluding ortho intramolecular Hbond substituents is 1. The second kappa shape index (κ2) is 13.6. The van der Waals surface area contributed by atoms with Crippen molar-refractivity contribution in [3.05, 3.63) is 111 Å². The molecular weight excluding hydrogens is 752 g/mol. The van der Waals surface area contributed by atoms with Gasteiger partial charge in [0.05, 0.1) is 40.2 Å². The molecule has 3 heterocycles. The van der Waals surface area contributed by atoms with Crippen LogP contribution in [0.3, 0.4) is 0 Å². The Kier molecular flexibility index (Phi) is 9.33. The Morgan fingerprint density at radius 2 is 1.78 bits per heavy atom. The van der Waals surface area contributed by atoms with Crippen LogP contribution in [0.15, 0.2) is 79.0 Å². The zero-order valence-corrected chi connectivity index (χ0v) is 29.7. The summed E-state index contributed by atoms with van der Waals surface area (Å²) in [6, 6.07) is 11.8. The Balaban J connectivity index is 1.44. The number of aliphatic carboxylic acids is 1. The van der Waals surface area contributed by atoms with Crippen molar-refractivity contribution in [3.63, 3.8) is 0 Å². The number of imide groups is 2. The fourth-order valence-corrected chi connectivity index (χ4v) is 9.12. The number of aromatic nitrogens is 1. The molecule has 4 amide bonds. The molecule has 3 N–H and O–H groups in total. The average molecular weight is 784 g/mol. The molecule has 1 saturated carbocycles. The summed E-state index contributed by atoms with van der Waals surface area (Å²) >= 11 is 12.5. The summed E-state index contributed by atoms with van der Waals surface area (Å²) in [6.45, 7) is 3.43. The molecule has 0 bridgehead atoms. The van der Waals surface area contributed by atoms with Crippen molar-refractivity contribution in [2.75, 3.05) is 12.0 Å². The molecule has 2 aromatic carbocycles. The van der Waals surface area contributed by atoms with Gasteiger partial charge in [-0.2, -0.15) is 18.2 Å². The standard InChI is InChI=1S/C38H31Cl2F3N4O7/c1-2-4-18-5-3-6-24(31(18)50)30-22-11-12-23-29(35(53)46(33(23)51)14-13-28(48)49)25(22)16-26-34(52)47(36(54)37(26,30)19-7-9-21(39)10-8-19)45-32-27(40)15-20(17-44-32)38(41,42)43/h2-3,5-11,15,17,23,25-26,29-30,50H,1,4,12-14,16H2,(H,44,45)(H,48,49). The van der Waals surface area contributed by atoms with E-state index in [1.54, 1.807) is 42.5 Å². The minimum Gasteiger partial charge on any atom is -0.507 e. The van der Waals surface area contributed by atoms with Crippen molar-refractivity contribution in [2.24, 2.45) is 23.7 Å². The van der Waals surface area contributed by atoms with Gasteiger partial charge in [0.15, 0.2) is 5.82 Å². The average Bonchev–Trinajstić information content (AvgIpc) is 3.49. The molecule has 2 saturated heterocycles. The number of benzene rings is 2. The molecule has 7 rings (SSSR count). The number of nitrogens with one attached hydrogen (secondary N) is 1. The van der Waals surface area contributed by atoms with Crippen LogP contribution in [-0.4, -0.2) is 61.2 Å². The summed E-state index contributed by atoms with van der Waals surface area (Å²) in [5.41, 5.74) is 1.11. The molecule has 2 aliphatic carbocycles. The first-order chi connectivity index (χ1) is 25.6. The largest absolute Gasteiger partial charge is 0.507 e. The number of hydrogen-bond acceptors (Lipinski definition) is 8. The molecule has 3 fully saturated rings. The van der Waals surface area contributed by atoms with E-state index in [1.807, 2.05) is 0 Å². The van der Waals surface area contributed by atoms with Gasteiger partial charge in [0.2, 0.25) is 11.8 Å². The van der Waals surface area contributed by atoms with Gasteiger partial charge in [0, 0.05) is 29.2 Å². The highest BCUT2D eigenvalue weighted by molar-refractivity contribution is 6.33. The van der Waals surface area contributed by atoms with Crippen LogP contribution in [0.5, 0.6) is 5.75 Å². The van der Waals surface area contributed by atoms with E-state index in [0.29, 0.717) is 39.0 Å². The molecule has 0 radical (unpaired) electrons. The normalized spacial score (nSPS) is 26.3. The van der Waals surface area contributed by atoms with E-state index in [4.69, 9.17) is 23.2 Å². The Hall–Kier alpha value is -5.21. The van der Waals surface area contributed by atoms with Gasteiger partial charge in [-0.3, -0.25) is 34.3 Å². The van der Waals surface area contributed by atoms with E-state index in [-0.39, 0.29) is 37.1 Å². The van der Waals surface area contributed by atoms with Gasteiger partial charge in [-0.15, -0.1) is 6.58 Å². The summed E-state index contributed by atoms with van der Waals surface area (Å²) in [5.74, 6) is -9.70. The van der Waals surface area contributed by atoms with Crippen LogP contribution >= 0.6 is 23.2 Å². The van der Waals surface area contributed by atoms with E-state index in [0.717, 1.165) is 4.90 Å². The molecule has 2 aliphatic heterocycles. The Bertz CT molecular complexity index is 2160. The van der Waals surface area contributed by atoms with Crippen molar-refractivity contribution in [1.82, 2.24) is 14.9 Å². The lowest BCUT2D eigenvalue weighted by atomic mass is 9.49. The molecule has 54 heavy (non-hydrogen) atoms. The maximum absolute atomic E-state index is 15.3. The number of hydrazine groups is 1. The van der Waals surface area contributed by atoms with Crippen molar-refractivity contribution >= 4 is 58.6 Å². The highest BCUT2D eigenvalue weighted by Gasteiger charge is 2.70. The Labute approximate surface area is 316 Å². The fraction of sp³-hybridized carbons (Fsp3) is 0.316. The number of amides is 4. The molecule has 3 aromatic rings. The summed E-state index contributed by atoms with van der Waals surface area (Å²) in [4.78, 5) is 73.8. The first kappa shape index (κ1) is 37.1. The zero-order chi connectivity index (χ0) is 38.9. The van der Waals surface area contributed by atoms with Crippen LogP contribution in [0.2, 0.25) is 10.0 Å². The number of carboxylic acid groups (broad SMARTS) is 1. The number of aromatic hydroxyl groups is 1. The maximum atomic E-state index is 15.3. The van der Waals surface area contributed by atoms with Crippen LogP contribution in [0.25, 0.3) is 0 Å². The predicted octanol–water partition coefficient (Wildman–Crippen LogP) is 6.30. The van der Waals surface area contributed by atoms with Gasteiger partial charge in [0.25, 0.3) is 11.8 Å². The van der Waals surface area contributed by atoms with Gasteiger partial charge < -0.3 is 10.2 Å². The first-order valence-corrected chi connectivity index (χ1v) is 17.7. The number of halogens is 5. The summed E-state index contributed by atoms with van der Waals surface area (Å²) in [6.07, 6.45) is -1.24. The van der Waals surface area contributed by atoms with Crippen molar-refractivity contribution < 1.29 is 47.4 Å². The summed E-state index contributed by atoms with van der Waals surface area (Å²) < 4.78 is 40.4. The smallest absolute Gasteiger partial charge is 0.417 e. The number of carbonyl (C=O) groups excluding carboxylic acids is 4. The lowest BCUT2D eigenvalue weighted by Crippen LogP contribution is -2.53. The van der Waals surface area contributed by atoms with Crippen molar-refractivity contribution in [2.45, 2.75) is 43.2 Å². The lowest BCUT2D eigenvalue weighted by Gasteiger charge is -2.50. The number of para-hydroxylation sites is 1. The van der Waals surface area contributed by atoms with Crippen LogP contribution in [-0.2, 0) is 42.0 Å². The van der Waals surface area contributed by atoms with Crippen LogP contribution in [0, 0.1) is 23.7 Å². The first-order valence-electron chi connectivity index (χ1n) is 16.9. The van der Waals surface area contributed by atoms with E-state index in [1.165, 1.54) is 12.1 Å². The Morgan fingerprint density at radius 1 is 1.06 bits per heavy atom. The van der Waals surface area contributed by atoms with E-state index < -0.39 is 93.6 Å². The highest BCUT2D eigenvalue weighted by Crippen LogP contribution is 2.65. The maximum Gasteiger partial charge on any atom is 0.417 e. The van der Waals surface area contributed by atoms with Crippen molar-refractivity contribution in [1.29, 1.82) is 0 Å². The molecule has 11 nitrogen and oxygen atoms in total. The number of likely N-dealkylation sites (tertiary alicyclic amines) is 1. The number of nitrogens with zero attached hydrogens (tertiary/aromatic N) is 3. The molecule has 0 spiro atoms. The number of carboxylic acids is 1. The summed E-state index contributed by atoms with van der Waals surface area (Å²) in [5, 5.41) is 21.6. The van der Waals surface area contributed by atoms with Crippen LogP contribution in [0.1, 0.15) is 47.4 Å². The lowest BCUT2D eigenvalue weighted by molar-refractivity contribution is -0.143. The van der Waals surface area contributed by atoms with Gasteiger partial charge in [0.1, 0.15) is 5.75 Å². The third kappa shape index (κ3) is 5.74. The molecular formula is C38H31Cl2F3N4O7. The van der Waals surface area contributed by atoms with E-state index in [2.05, 4.69) is 17.0 Å². The molecule has 280 valence electrons. The van der Waals surface area contributed by atoms with E-state index >= 15 is 4.79 Å². The number of allylic oxidation sites excluding steroid dienone is 3. The monoisotopic (exact) mass is 782 g/mol. The molecule has 4 aliphatic rings. The highest BCUT2D eigenvalue weighted by atomic mass is 35.5.